The number of amides is 1. The summed E-state index contributed by atoms with van der Waals surface area (Å²) >= 11 is 1.58. The van der Waals surface area contributed by atoms with Crippen LogP contribution in [0.25, 0.3) is 0 Å². The first kappa shape index (κ1) is 27.7. The van der Waals surface area contributed by atoms with Gasteiger partial charge in [-0.15, -0.1) is 24.2 Å². The van der Waals surface area contributed by atoms with E-state index in [0.29, 0.717) is 5.75 Å². The van der Waals surface area contributed by atoms with Gasteiger partial charge in [-0.3, -0.25) is 4.79 Å². The number of rotatable bonds is 10. The van der Waals surface area contributed by atoms with Crippen molar-refractivity contribution < 1.29 is 14.1 Å². The quantitative estimate of drug-likeness (QED) is 0.374. The molecule has 0 aliphatic carbocycles. The molecule has 1 amide bonds. The van der Waals surface area contributed by atoms with Crippen molar-refractivity contribution in [3.63, 3.8) is 0 Å². The van der Waals surface area contributed by atoms with E-state index in [-0.39, 0.29) is 24.3 Å². The van der Waals surface area contributed by atoms with E-state index < -0.39 is 24.4 Å². The predicted octanol–water partition coefficient (Wildman–Crippen LogP) is 4.67. The number of nitrogens with one attached hydrogen (secondary N) is 1. The lowest BCUT2D eigenvalue weighted by Gasteiger charge is -2.32. The number of hydrogen-bond acceptors (Lipinski definition) is 5. The number of halogens is 1. The number of aryl methyl sites for hydroxylation is 1. The number of carbonyl (C=O) groups excluding carboxylic acids is 1. The molecule has 0 saturated carbocycles. The zero-order chi connectivity index (χ0) is 23.2. The summed E-state index contributed by atoms with van der Waals surface area (Å²) in [4.78, 5) is 14.0. The number of carbonyl (C=O) groups is 1. The number of hydrogen-bond donors (Lipinski definition) is 2. The molecule has 33 heavy (non-hydrogen) atoms. The normalized spacial score (nSPS) is 18.3. The minimum atomic E-state index is -0.612. The van der Waals surface area contributed by atoms with Gasteiger partial charge in [0.25, 0.3) is 0 Å². The molecule has 1 aliphatic rings. The molecule has 8 heteroatoms. The van der Waals surface area contributed by atoms with E-state index in [1.807, 2.05) is 76.2 Å². The van der Waals surface area contributed by atoms with Crippen LogP contribution in [0.4, 0.5) is 0 Å². The Morgan fingerprint density at radius 2 is 1.55 bits per heavy atom. The molecule has 2 aromatic rings. The van der Waals surface area contributed by atoms with Crippen LogP contribution in [0.5, 0.6) is 0 Å². The Balaban J connectivity index is 0.00000385. The van der Waals surface area contributed by atoms with Crippen LogP contribution in [-0.2, 0) is 20.5 Å². The van der Waals surface area contributed by atoms with Crippen LogP contribution in [0, 0.1) is 0 Å². The van der Waals surface area contributed by atoms with Gasteiger partial charge >= 0.3 is 7.12 Å². The molecule has 1 aliphatic heterocycles. The van der Waals surface area contributed by atoms with E-state index in [0.717, 1.165) is 24.2 Å². The van der Waals surface area contributed by atoms with Gasteiger partial charge in [0.15, 0.2) is 0 Å². The molecule has 0 aromatic heterocycles. The van der Waals surface area contributed by atoms with Crippen molar-refractivity contribution in [1.29, 1.82) is 0 Å². The fourth-order valence-electron chi connectivity index (χ4n) is 3.57. The second kappa shape index (κ2) is 12.3. The lowest BCUT2D eigenvalue weighted by molar-refractivity contribution is -0.122. The van der Waals surface area contributed by atoms with Gasteiger partial charge in [-0.25, -0.2) is 0 Å². The molecule has 1 saturated heterocycles. The monoisotopic (exact) mass is 490 g/mol. The van der Waals surface area contributed by atoms with Gasteiger partial charge in [-0.2, -0.15) is 0 Å². The van der Waals surface area contributed by atoms with Crippen LogP contribution >= 0.6 is 24.2 Å². The molecule has 2 atom stereocenters. The van der Waals surface area contributed by atoms with Gasteiger partial charge in [0.1, 0.15) is 0 Å². The summed E-state index contributed by atoms with van der Waals surface area (Å²) in [6.45, 7) is 8.10. The second-order valence-electron chi connectivity index (χ2n) is 9.35. The van der Waals surface area contributed by atoms with E-state index in [1.165, 1.54) is 5.56 Å². The van der Waals surface area contributed by atoms with Gasteiger partial charge in [-0.1, -0.05) is 48.5 Å². The third kappa shape index (κ3) is 7.76. The van der Waals surface area contributed by atoms with Gasteiger partial charge in [0.05, 0.1) is 23.2 Å². The van der Waals surface area contributed by atoms with Crippen LogP contribution in [0.1, 0.15) is 46.1 Å². The lowest BCUT2D eigenvalue weighted by atomic mass is 9.75. The van der Waals surface area contributed by atoms with Crippen LogP contribution in [-0.4, -0.2) is 42.0 Å². The Morgan fingerprint density at radius 1 is 1.00 bits per heavy atom. The van der Waals surface area contributed by atoms with E-state index in [1.54, 1.807) is 11.8 Å². The largest absolute Gasteiger partial charge is 0.481 e. The van der Waals surface area contributed by atoms with Crippen LogP contribution < -0.4 is 11.1 Å². The number of benzene rings is 2. The minimum Gasteiger partial charge on any atom is -0.402 e. The molecular formula is C25H36BClN2O3S. The van der Waals surface area contributed by atoms with E-state index >= 15 is 0 Å². The van der Waals surface area contributed by atoms with Crippen LogP contribution in [0.15, 0.2) is 65.6 Å². The van der Waals surface area contributed by atoms with Crippen molar-refractivity contribution >= 4 is 37.2 Å². The molecule has 1 heterocycles. The molecule has 2 unspecified atom stereocenters. The maximum atomic E-state index is 12.9. The van der Waals surface area contributed by atoms with Crippen molar-refractivity contribution in [1.82, 2.24) is 5.32 Å². The molecule has 0 radical (unpaired) electrons. The SMILES string of the molecule is CC1(C)OB(C(CCCc2ccccc2)NC(=O)C(N)CSc2ccccc2)OC1(C)C.Cl. The standard InChI is InChI=1S/C25H35BN2O3S.ClH/c1-24(2)25(3,4)31-26(30-24)22(17-11-14-19-12-7-5-8-13-19)28-23(29)21(27)18-32-20-15-9-6-10-16-20;/h5-10,12-13,15-16,21-22H,11,14,17-18,27H2,1-4H3,(H,28,29);1H. The van der Waals surface area contributed by atoms with Gasteiger partial charge < -0.3 is 20.4 Å². The molecule has 3 rings (SSSR count). The summed E-state index contributed by atoms with van der Waals surface area (Å²) in [6.07, 6.45) is 2.59. The number of thioether (sulfide) groups is 1. The Morgan fingerprint density at radius 3 is 2.12 bits per heavy atom. The maximum Gasteiger partial charge on any atom is 0.481 e. The summed E-state index contributed by atoms with van der Waals surface area (Å²) in [7, 11) is -0.506. The van der Waals surface area contributed by atoms with Crippen LogP contribution in [0.2, 0.25) is 0 Å². The summed E-state index contributed by atoms with van der Waals surface area (Å²) in [6, 6.07) is 19.7. The molecule has 180 valence electrons. The molecule has 1 fully saturated rings. The average molecular weight is 491 g/mol. The van der Waals surface area contributed by atoms with E-state index in [2.05, 4.69) is 17.4 Å². The highest BCUT2D eigenvalue weighted by Gasteiger charge is 2.54. The lowest BCUT2D eigenvalue weighted by Crippen LogP contribution is -2.53. The summed E-state index contributed by atoms with van der Waals surface area (Å²) in [5.41, 5.74) is 6.60. The Kier molecular flexibility index (Phi) is 10.3. The van der Waals surface area contributed by atoms with Gasteiger partial charge in [-0.05, 0) is 64.7 Å². The molecule has 0 bridgehead atoms. The first-order valence-corrected chi connectivity index (χ1v) is 12.3. The summed E-state index contributed by atoms with van der Waals surface area (Å²) < 4.78 is 12.5. The van der Waals surface area contributed by atoms with Crippen molar-refractivity contribution in [3.8, 4) is 0 Å². The summed E-state index contributed by atoms with van der Waals surface area (Å²) in [5, 5.41) is 3.13. The van der Waals surface area contributed by atoms with E-state index in [9.17, 15) is 4.79 Å². The first-order valence-electron chi connectivity index (χ1n) is 11.3. The average Bonchev–Trinajstić information content (AvgIpc) is 2.99. The van der Waals surface area contributed by atoms with Crippen molar-refractivity contribution in [2.75, 3.05) is 5.75 Å². The third-order valence-corrected chi connectivity index (χ3v) is 7.39. The molecular weight excluding hydrogens is 455 g/mol. The highest BCUT2D eigenvalue weighted by atomic mass is 35.5. The van der Waals surface area contributed by atoms with Gasteiger partial charge in [0, 0.05) is 10.6 Å². The minimum absolute atomic E-state index is 0. The molecule has 5 nitrogen and oxygen atoms in total. The highest BCUT2D eigenvalue weighted by molar-refractivity contribution is 7.99. The molecule has 0 spiro atoms. The zero-order valence-corrected chi connectivity index (χ0v) is 21.6. The summed E-state index contributed by atoms with van der Waals surface area (Å²) in [5.74, 6) is 0.0727. The second-order valence-corrected chi connectivity index (χ2v) is 10.4. The Bertz CT molecular complexity index is 854. The van der Waals surface area contributed by atoms with Gasteiger partial charge in [0.2, 0.25) is 5.91 Å². The van der Waals surface area contributed by atoms with Crippen molar-refractivity contribution in [3.05, 3.63) is 66.2 Å². The molecule has 2 aromatic carbocycles. The predicted molar refractivity (Wildman–Crippen MR) is 140 cm³/mol. The third-order valence-electron chi connectivity index (χ3n) is 6.26. The first-order chi connectivity index (χ1) is 15.2. The van der Waals surface area contributed by atoms with E-state index in [4.69, 9.17) is 15.0 Å². The Hall–Kier alpha value is -1.51. The smallest absolute Gasteiger partial charge is 0.402 e. The highest BCUT2D eigenvalue weighted by Crippen LogP contribution is 2.38. The topological polar surface area (TPSA) is 73.6 Å². The number of nitrogens with two attached hydrogens (primary N) is 1. The maximum absolute atomic E-state index is 12.9. The Labute approximate surface area is 209 Å². The fraction of sp³-hybridized carbons (Fsp3) is 0.480. The zero-order valence-electron chi connectivity index (χ0n) is 20.0. The van der Waals surface area contributed by atoms with Crippen molar-refractivity contribution in [2.24, 2.45) is 5.73 Å². The van der Waals surface area contributed by atoms with Crippen LogP contribution in [0.3, 0.4) is 0 Å². The fourth-order valence-corrected chi connectivity index (χ4v) is 4.44. The van der Waals surface area contributed by atoms with Crippen molar-refractivity contribution in [2.45, 2.75) is 75.0 Å². The molecule has 3 N–H and O–H groups in total.